The van der Waals surface area contributed by atoms with Gasteiger partial charge in [-0.05, 0) is 17.7 Å². The maximum atomic E-state index is 11.2. The molecule has 0 saturated carbocycles. The molecule has 0 bridgehead atoms. The molecule has 0 saturated heterocycles. The van der Waals surface area contributed by atoms with Gasteiger partial charge in [0.2, 0.25) is 0 Å². The third-order valence-electron chi connectivity index (χ3n) is 2.66. The van der Waals surface area contributed by atoms with Crippen molar-refractivity contribution >= 4 is 5.97 Å². The molecular formula is C15H14O4. The summed E-state index contributed by atoms with van der Waals surface area (Å²) in [6.45, 7) is 0.293. The zero-order valence-electron chi connectivity index (χ0n) is 10.5. The van der Waals surface area contributed by atoms with E-state index >= 15 is 0 Å². The van der Waals surface area contributed by atoms with Crippen LogP contribution in [0.4, 0.5) is 0 Å². The summed E-state index contributed by atoms with van der Waals surface area (Å²) in [6, 6.07) is 14.3. The number of aromatic carboxylic acids is 1. The summed E-state index contributed by atoms with van der Waals surface area (Å²) in [7, 11) is 1.48. The van der Waals surface area contributed by atoms with Gasteiger partial charge in [-0.15, -0.1) is 0 Å². The van der Waals surface area contributed by atoms with Gasteiger partial charge in [0.1, 0.15) is 12.2 Å². The van der Waals surface area contributed by atoms with Gasteiger partial charge in [-0.1, -0.05) is 36.4 Å². The maximum Gasteiger partial charge on any atom is 0.339 e. The number of methoxy groups -OCH3 is 1. The Morgan fingerprint density at radius 1 is 1.11 bits per heavy atom. The quantitative estimate of drug-likeness (QED) is 0.895. The molecule has 0 aromatic heterocycles. The molecule has 0 unspecified atom stereocenters. The highest BCUT2D eigenvalue weighted by atomic mass is 16.5. The van der Waals surface area contributed by atoms with Crippen LogP contribution < -0.4 is 9.47 Å². The van der Waals surface area contributed by atoms with Gasteiger partial charge in [-0.3, -0.25) is 0 Å². The fourth-order valence-corrected chi connectivity index (χ4v) is 1.72. The molecule has 0 spiro atoms. The highest BCUT2D eigenvalue weighted by Gasteiger charge is 2.16. The molecule has 0 aliphatic carbocycles. The second-order valence-electron chi connectivity index (χ2n) is 3.92. The Morgan fingerprint density at radius 3 is 2.47 bits per heavy atom. The summed E-state index contributed by atoms with van der Waals surface area (Å²) < 4.78 is 10.7. The van der Waals surface area contributed by atoms with Gasteiger partial charge in [-0.2, -0.15) is 0 Å². The fourth-order valence-electron chi connectivity index (χ4n) is 1.72. The van der Waals surface area contributed by atoms with E-state index in [1.54, 1.807) is 12.1 Å². The lowest BCUT2D eigenvalue weighted by atomic mass is 10.2. The largest absolute Gasteiger partial charge is 0.493 e. The number of carbonyl (C=O) groups is 1. The Labute approximate surface area is 111 Å². The van der Waals surface area contributed by atoms with E-state index in [0.717, 1.165) is 5.56 Å². The van der Waals surface area contributed by atoms with E-state index < -0.39 is 5.97 Å². The minimum atomic E-state index is -1.04. The first-order chi connectivity index (χ1) is 9.22. The van der Waals surface area contributed by atoms with E-state index in [9.17, 15) is 4.79 Å². The number of carboxylic acids is 1. The van der Waals surface area contributed by atoms with Gasteiger partial charge >= 0.3 is 5.97 Å². The van der Waals surface area contributed by atoms with Crippen molar-refractivity contribution in [2.24, 2.45) is 0 Å². The van der Waals surface area contributed by atoms with E-state index in [1.165, 1.54) is 13.2 Å². The lowest BCUT2D eigenvalue weighted by molar-refractivity contribution is 0.0691. The second-order valence-corrected chi connectivity index (χ2v) is 3.92. The molecule has 0 fully saturated rings. The van der Waals surface area contributed by atoms with Gasteiger partial charge in [0.15, 0.2) is 11.5 Å². The molecular weight excluding hydrogens is 244 g/mol. The summed E-state index contributed by atoms with van der Waals surface area (Å²) in [5.41, 5.74) is 1.06. The van der Waals surface area contributed by atoms with Gasteiger partial charge in [-0.25, -0.2) is 4.79 Å². The lowest BCUT2D eigenvalue weighted by Crippen LogP contribution is -2.05. The van der Waals surface area contributed by atoms with E-state index in [1.807, 2.05) is 30.3 Å². The topological polar surface area (TPSA) is 55.8 Å². The molecule has 0 heterocycles. The van der Waals surface area contributed by atoms with Crippen molar-refractivity contribution in [3.05, 3.63) is 59.7 Å². The van der Waals surface area contributed by atoms with Crippen LogP contribution in [0.15, 0.2) is 48.5 Å². The minimum Gasteiger partial charge on any atom is -0.493 e. The van der Waals surface area contributed by atoms with Gasteiger partial charge in [0.25, 0.3) is 0 Å². The summed E-state index contributed by atoms with van der Waals surface area (Å²) in [5, 5.41) is 9.15. The standard InChI is InChI=1S/C15H14O4/c1-18-13-9-5-8-12(15(16)17)14(13)19-10-11-6-3-2-4-7-11/h2-9H,10H2,1H3,(H,16,17). The van der Waals surface area contributed by atoms with E-state index in [4.69, 9.17) is 14.6 Å². The smallest absolute Gasteiger partial charge is 0.339 e. The molecule has 0 aliphatic rings. The summed E-state index contributed by atoms with van der Waals surface area (Å²) in [4.78, 5) is 11.2. The predicted molar refractivity (Wildman–Crippen MR) is 70.7 cm³/mol. The van der Waals surface area contributed by atoms with Crippen molar-refractivity contribution in [1.29, 1.82) is 0 Å². The first-order valence-electron chi connectivity index (χ1n) is 5.79. The first kappa shape index (κ1) is 13.0. The van der Waals surface area contributed by atoms with Gasteiger partial charge in [0.05, 0.1) is 7.11 Å². The normalized spacial score (nSPS) is 9.95. The minimum absolute atomic E-state index is 0.0929. The molecule has 2 aromatic rings. The van der Waals surface area contributed by atoms with Crippen LogP contribution in [0.25, 0.3) is 0 Å². The van der Waals surface area contributed by atoms with Crippen LogP contribution in [0, 0.1) is 0 Å². The number of benzene rings is 2. The van der Waals surface area contributed by atoms with E-state index in [-0.39, 0.29) is 11.3 Å². The monoisotopic (exact) mass is 258 g/mol. The molecule has 1 N–H and O–H groups in total. The number of ether oxygens (including phenoxy) is 2. The average molecular weight is 258 g/mol. The Hall–Kier alpha value is -2.49. The number of rotatable bonds is 5. The van der Waals surface area contributed by atoms with Crippen molar-refractivity contribution < 1.29 is 19.4 Å². The predicted octanol–water partition coefficient (Wildman–Crippen LogP) is 2.97. The Balaban J connectivity index is 2.25. The van der Waals surface area contributed by atoms with Crippen LogP contribution in [0.1, 0.15) is 15.9 Å². The third kappa shape index (κ3) is 3.04. The molecule has 19 heavy (non-hydrogen) atoms. The maximum absolute atomic E-state index is 11.2. The molecule has 2 aromatic carbocycles. The van der Waals surface area contributed by atoms with Crippen molar-refractivity contribution in [3.63, 3.8) is 0 Å². The highest BCUT2D eigenvalue weighted by Crippen LogP contribution is 2.31. The molecule has 0 aliphatic heterocycles. The van der Waals surface area contributed by atoms with Gasteiger partial charge in [0, 0.05) is 0 Å². The summed E-state index contributed by atoms with van der Waals surface area (Å²) in [6.07, 6.45) is 0. The molecule has 98 valence electrons. The Bertz CT molecular complexity index is 564. The average Bonchev–Trinajstić information content (AvgIpc) is 2.45. The summed E-state index contributed by atoms with van der Waals surface area (Å²) >= 11 is 0. The number of hydrogen-bond donors (Lipinski definition) is 1. The fraction of sp³-hybridized carbons (Fsp3) is 0.133. The first-order valence-corrected chi connectivity index (χ1v) is 5.79. The highest BCUT2D eigenvalue weighted by molar-refractivity contribution is 5.92. The van der Waals surface area contributed by atoms with Crippen molar-refractivity contribution in [2.45, 2.75) is 6.61 Å². The second kappa shape index (κ2) is 5.91. The van der Waals surface area contributed by atoms with Crippen LogP contribution in [0.3, 0.4) is 0 Å². The molecule has 4 heteroatoms. The molecule has 4 nitrogen and oxygen atoms in total. The van der Waals surface area contributed by atoms with Crippen LogP contribution in [0.2, 0.25) is 0 Å². The van der Waals surface area contributed by atoms with Crippen molar-refractivity contribution in [2.75, 3.05) is 7.11 Å². The SMILES string of the molecule is COc1cccc(C(=O)O)c1OCc1ccccc1. The number of carboxylic acid groups (broad SMARTS) is 1. The van der Waals surface area contributed by atoms with Crippen molar-refractivity contribution in [3.8, 4) is 11.5 Å². The third-order valence-corrected chi connectivity index (χ3v) is 2.66. The zero-order chi connectivity index (χ0) is 13.7. The van der Waals surface area contributed by atoms with E-state index in [0.29, 0.717) is 12.4 Å². The number of para-hydroxylation sites is 1. The summed E-state index contributed by atoms with van der Waals surface area (Å²) in [5.74, 6) is -0.376. The molecule has 2 rings (SSSR count). The molecule has 0 radical (unpaired) electrons. The Morgan fingerprint density at radius 2 is 1.84 bits per heavy atom. The van der Waals surface area contributed by atoms with Crippen LogP contribution in [-0.2, 0) is 6.61 Å². The molecule has 0 amide bonds. The van der Waals surface area contributed by atoms with Crippen molar-refractivity contribution in [1.82, 2.24) is 0 Å². The van der Waals surface area contributed by atoms with Gasteiger partial charge < -0.3 is 14.6 Å². The molecule has 0 atom stereocenters. The number of hydrogen-bond acceptors (Lipinski definition) is 3. The van der Waals surface area contributed by atoms with Crippen LogP contribution in [-0.4, -0.2) is 18.2 Å². The Kier molecular flexibility index (Phi) is 4.03. The van der Waals surface area contributed by atoms with E-state index in [2.05, 4.69) is 0 Å². The lowest BCUT2D eigenvalue weighted by Gasteiger charge is -2.13. The van der Waals surface area contributed by atoms with Crippen LogP contribution in [0.5, 0.6) is 11.5 Å². The zero-order valence-corrected chi connectivity index (χ0v) is 10.5. The van der Waals surface area contributed by atoms with Crippen LogP contribution >= 0.6 is 0 Å².